The summed E-state index contributed by atoms with van der Waals surface area (Å²) in [5.41, 5.74) is 12.4. The van der Waals surface area contributed by atoms with Crippen molar-refractivity contribution >= 4 is 49.4 Å². The fourth-order valence-corrected chi connectivity index (χ4v) is 12.1. The molecular formula is C56H41N5O. The lowest BCUT2D eigenvalue weighted by Crippen LogP contribution is -2.48. The van der Waals surface area contributed by atoms with Gasteiger partial charge in [-0.15, -0.1) is 0 Å². The third-order valence-electron chi connectivity index (χ3n) is 14.4. The molecule has 4 bridgehead atoms. The van der Waals surface area contributed by atoms with Crippen LogP contribution in [0.15, 0.2) is 162 Å². The van der Waals surface area contributed by atoms with Gasteiger partial charge in [0.2, 0.25) is 0 Å². The number of hydrogen-bond acceptors (Lipinski definition) is 4. The monoisotopic (exact) mass is 799 g/mol. The first-order valence-corrected chi connectivity index (χ1v) is 22.0. The molecule has 0 N–H and O–H groups in total. The van der Waals surface area contributed by atoms with Gasteiger partial charge >= 0.3 is 0 Å². The van der Waals surface area contributed by atoms with Crippen LogP contribution in [0, 0.1) is 24.3 Å². The van der Waals surface area contributed by atoms with Gasteiger partial charge in [-0.1, -0.05) is 115 Å². The maximum absolute atomic E-state index is 7.48. The van der Waals surface area contributed by atoms with Gasteiger partial charge in [0.1, 0.15) is 11.2 Å². The highest BCUT2D eigenvalue weighted by Gasteiger charge is 2.51. The zero-order chi connectivity index (χ0) is 40.9. The molecule has 0 spiro atoms. The Bertz CT molecular complexity index is 3430. The second-order valence-electron chi connectivity index (χ2n) is 18.2. The predicted octanol–water partition coefficient (Wildman–Crippen LogP) is 14.6. The summed E-state index contributed by atoms with van der Waals surface area (Å²) in [5, 5.41) is 4.18. The average Bonchev–Trinajstić information content (AvgIpc) is 3.86. The Balaban J connectivity index is 0.930. The molecule has 4 aliphatic carbocycles. The SMILES string of the molecule is [C-]#[N+]c1ccc2c(c1)oc1cc(-c3nc(-c4ccccc4)nc(-c4cccc5c4c4ccccc4n5-c4cccc(-c5ccc(C67CC8CC(CC(C8)C6)C7)cc5)c4)n3)ccc12. The van der Waals surface area contributed by atoms with Crippen molar-refractivity contribution in [2.24, 2.45) is 17.8 Å². The van der Waals surface area contributed by atoms with Crippen molar-refractivity contribution in [3.05, 3.63) is 175 Å². The second kappa shape index (κ2) is 13.6. The van der Waals surface area contributed by atoms with Gasteiger partial charge in [-0.25, -0.2) is 19.8 Å². The number of nitrogens with zero attached hydrogens (tertiary/aromatic N) is 5. The van der Waals surface area contributed by atoms with Gasteiger partial charge in [0.05, 0.1) is 17.6 Å². The zero-order valence-electron chi connectivity index (χ0n) is 34.1. The van der Waals surface area contributed by atoms with Crippen LogP contribution in [0.4, 0.5) is 5.69 Å². The zero-order valence-corrected chi connectivity index (χ0v) is 34.1. The number of fused-ring (bicyclic) bond motifs is 6. The average molecular weight is 800 g/mol. The molecule has 0 unspecified atom stereocenters. The summed E-state index contributed by atoms with van der Waals surface area (Å²) >= 11 is 0. The Morgan fingerprint density at radius 3 is 1.92 bits per heavy atom. The van der Waals surface area contributed by atoms with Crippen molar-refractivity contribution in [3.8, 4) is 51.0 Å². The van der Waals surface area contributed by atoms with Crippen LogP contribution in [0.25, 0.3) is 99.6 Å². The van der Waals surface area contributed by atoms with Crippen LogP contribution in [0.1, 0.15) is 44.1 Å². The number of benzene rings is 7. The van der Waals surface area contributed by atoms with Crippen LogP contribution in [0.2, 0.25) is 0 Å². The van der Waals surface area contributed by atoms with E-state index in [2.05, 4.69) is 106 Å². The molecule has 0 aliphatic heterocycles. The topological polar surface area (TPSA) is 61.1 Å². The molecule has 62 heavy (non-hydrogen) atoms. The van der Waals surface area contributed by atoms with Crippen molar-refractivity contribution in [1.82, 2.24) is 19.5 Å². The molecule has 296 valence electrons. The van der Waals surface area contributed by atoms with Crippen LogP contribution in [0.3, 0.4) is 0 Å². The largest absolute Gasteiger partial charge is 0.457 e. The first-order valence-electron chi connectivity index (χ1n) is 22.0. The molecule has 0 radical (unpaired) electrons. The molecule has 4 aliphatic rings. The molecular weight excluding hydrogens is 759 g/mol. The minimum atomic E-state index is 0.393. The third kappa shape index (κ3) is 5.58. The van der Waals surface area contributed by atoms with E-state index in [-0.39, 0.29) is 0 Å². The molecule has 0 saturated heterocycles. The lowest BCUT2D eigenvalue weighted by Gasteiger charge is -2.57. The Hall–Kier alpha value is -7.36. The van der Waals surface area contributed by atoms with Gasteiger partial charge in [-0.3, -0.25) is 0 Å². The summed E-state index contributed by atoms with van der Waals surface area (Å²) in [4.78, 5) is 19.1. The smallest absolute Gasteiger partial charge is 0.190 e. The standard InChI is InChI=1S/C56H41N5O/c1-57-42-22-24-45-44-23-19-40(29-50(44)62-51(45)30-42)54-58-53(38-9-3-2-4-10-38)59-55(60-54)47-14-8-16-49-52(47)46-13-5-6-15-48(46)61(49)43-12-7-11-39(28-43)37-17-20-41(21-18-37)56-31-34-25-35(32-56)27-36(26-34)33-56/h2-24,28-30,34-36H,25-27,31-33H2. The minimum Gasteiger partial charge on any atom is -0.457 e. The lowest BCUT2D eigenvalue weighted by atomic mass is 9.48. The Morgan fingerprint density at radius 1 is 0.516 bits per heavy atom. The molecule has 0 atom stereocenters. The summed E-state index contributed by atoms with van der Waals surface area (Å²) in [6.07, 6.45) is 8.55. The first kappa shape index (κ1) is 35.4. The molecule has 6 heteroatoms. The van der Waals surface area contributed by atoms with Gasteiger partial charge in [-0.2, -0.15) is 0 Å². The van der Waals surface area contributed by atoms with Crippen LogP contribution in [0.5, 0.6) is 0 Å². The molecule has 6 nitrogen and oxygen atoms in total. The van der Waals surface area contributed by atoms with Gasteiger partial charge in [0.25, 0.3) is 0 Å². The van der Waals surface area contributed by atoms with Crippen molar-refractivity contribution in [2.75, 3.05) is 0 Å². The number of aromatic nitrogens is 4. The summed E-state index contributed by atoms with van der Waals surface area (Å²) in [7, 11) is 0. The summed E-state index contributed by atoms with van der Waals surface area (Å²) in [6.45, 7) is 7.48. The number of hydrogen-bond donors (Lipinski definition) is 0. The highest BCUT2D eigenvalue weighted by Crippen LogP contribution is 2.60. The minimum absolute atomic E-state index is 0.393. The molecule has 7 aromatic carbocycles. The van der Waals surface area contributed by atoms with E-state index >= 15 is 0 Å². The second-order valence-corrected chi connectivity index (χ2v) is 18.2. The Labute approximate surface area is 359 Å². The lowest BCUT2D eigenvalue weighted by molar-refractivity contribution is -0.00518. The van der Waals surface area contributed by atoms with Gasteiger partial charge in [-0.05, 0) is 121 Å². The number of para-hydroxylation sites is 1. The Morgan fingerprint density at radius 2 is 1.15 bits per heavy atom. The summed E-state index contributed by atoms with van der Waals surface area (Å²) in [6, 6.07) is 55.5. The van der Waals surface area contributed by atoms with E-state index in [4.69, 9.17) is 25.9 Å². The van der Waals surface area contributed by atoms with Crippen LogP contribution >= 0.6 is 0 Å². The van der Waals surface area contributed by atoms with Crippen molar-refractivity contribution in [1.29, 1.82) is 0 Å². The van der Waals surface area contributed by atoms with E-state index < -0.39 is 0 Å². The van der Waals surface area contributed by atoms with E-state index in [1.165, 1.54) is 49.7 Å². The maximum atomic E-state index is 7.48. The normalized spacial score (nSPS) is 20.4. The molecule has 4 fully saturated rings. The maximum Gasteiger partial charge on any atom is 0.190 e. The summed E-state index contributed by atoms with van der Waals surface area (Å²) < 4.78 is 8.69. The van der Waals surface area contributed by atoms with Gasteiger partial charge < -0.3 is 8.98 Å². The van der Waals surface area contributed by atoms with E-state index in [1.54, 1.807) is 11.6 Å². The molecule has 10 aromatic rings. The number of furan rings is 1. The highest BCUT2D eigenvalue weighted by molar-refractivity contribution is 6.15. The van der Waals surface area contributed by atoms with E-state index in [1.807, 2.05) is 54.6 Å². The number of rotatable bonds is 6. The molecule has 4 saturated carbocycles. The van der Waals surface area contributed by atoms with Crippen molar-refractivity contribution in [2.45, 2.75) is 43.9 Å². The highest BCUT2D eigenvalue weighted by atomic mass is 16.3. The first-order chi connectivity index (χ1) is 30.6. The van der Waals surface area contributed by atoms with E-state index in [9.17, 15) is 0 Å². The molecule has 3 heterocycles. The Kier molecular flexibility index (Phi) is 7.75. The van der Waals surface area contributed by atoms with Gasteiger partial charge in [0.15, 0.2) is 23.2 Å². The van der Waals surface area contributed by atoms with Gasteiger partial charge in [0, 0.05) is 43.9 Å². The quantitative estimate of drug-likeness (QED) is 0.157. The molecule has 0 amide bonds. The van der Waals surface area contributed by atoms with Crippen LogP contribution < -0.4 is 0 Å². The van der Waals surface area contributed by atoms with E-state index in [0.29, 0.717) is 39.7 Å². The van der Waals surface area contributed by atoms with E-state index in [0.717, 1.165) is 72.7 Å². The van der Waals surface area contributed by atoms with Crippen LogP contribution in [-0.4, -0.2) is 19.5 Å². The fraction of sp³-hybridized carbons (Fsp3) is 0.179. The summed E-state index contributed by atoms with van der Waals surface area (Å²) in [5.74, 6) is 4.55. The fourth-order valence-electron chi connectivity index (χ4n) is 12.1. The van der Waals surface area contributed by atoms with Crippen LogP contribution in [-0.2, 0) is 5.41 Å². The third-order valence-corrected chi connectivity index (χ3v) is 14.4. The molecule has 14 rings (SSSR count). The predicted molar refractivity (Wildman–Crippen MR) is 249 cm³/mol. The van der Waals surface area contributed by atoms with Crippen molar-refractivity contribution in [3.63, 3.8) is 0 Å². The molecule has 3 aromatic heterocycles. The van der Waals surface area contributed by atoms with Crippen molar-refractivity contribution < 1.29 is 4.42 Å².